The molecule has 1 heterocycles. The molecule has 0 radical (unpaired) electrons. The van der Waals surface area contributed by atoms with E-state index in [-0.39, 0.29) is 11.8 Å². The van der Waals surface area contributed by atoms with Crippen molar-refractivity contribution in [2.45, 2.75) is 44.9 Å². The molecule has 0 aromatic heterocycles. The lowest BCUT2D eigenvalue weighted by molar-refractivity contribution is -0.121. The molecule has 1 saturated carbocycles. The lowest BCUT2D eigenvalue weighted by atomic mass is 9.89. The number of nitrogens with zero attached hydrogens (tertiary/aromatic N) is 1. The van der Waals surface area contributed by atoms with Gasteiger partial charge in [0.15, 0.2) is 0 Å². The number of amides is 2. The Morgan fingerprint density at radius 3 is 2.65 bits per heavy atom. The fraction of sp³-hybridized carbons (Fsp3) is 0.455. The van der Waals surface area contributed by atoms with E-state index in [4.69, 9.17) is 0 Å². The van der Waals surface area contributed by atoms with Crippen LogP contribution in [0.3, 0.4) is 0 Å². The molecule has 0 atom stereocenters. The fourth-order valence-electron chi connectivity index (χ4n) is 4.34. The number of carbonyl (C=O) groups is 2. The molecule has 1 aliphatic carbocycles. The Hall–Kier alpha value is -2.36. The molecule has 4 nitrogen and oxygen atoms in total. The third-order valence-corrected chi connectivity index (χ3v) is 5.75. The zero-order valence-corrected chi connectivity index (χ0v) is 15.2. The minimum absolute atomic E-state index is 0.0550. The SMILES string of the molecule is O=C(CCCN1C(=O)c2cccc3cccc1c23)NCC1CCCCC1. The molecule has 2 amide bonds. The molecule has 0 unspecified atom stereocenters. The first-order valence-electron chi connectivity index (χ1n) is 9.84. The van der Waals surface area contributed by atoms with E-state index in [1.807, 2.05) is 41.3 Å². The second kappa shape index (κ2) is 7.48. The van der Waals surface area contributed by atoms with Crippen LogP contribution in [0.25, 0.3) is 10.8 Å². The molecule has 0 spiro atoms. The largest absolute Gasteiger partial charge is 0.356 e. The molecule has 136 valence electrons. The van der Waals surface area contributed by atoms with Gasteiger partial charge in [0, 0.05) is 30.5 Å². The van der Waals surface area contributed by atoms with Crippen molar-refractivity contribution >= 4 is 28.3 Å². The maximum atomic E-state index is 12.7. The van der Waals surface area contributed by atoms with Crippen LogP contribution >= 0.6 is 0 Å². The highest BCUT2D eigenvalue weighted by atomic mass is 16.2. The van der Waals surface area contributed by atoms with E-state index >= 15 is 0 Å². The predicted molar refractivity (Wildman–Crippen MR) is 104 cm³/mol. The van der Waals surface area contributed by atoms with E-state index < -0.39 is 0 Å². The van der Waals surface area contributed by atoms with Gasteiger partial charge < -0.3 is 10.2 Å². The van der Waals surface area contributed by atoms with Gasteiger partial charge in [0.05, 0.1) is 5.69 Å². The van der Waals surface area contributed by atoms with Crippen LogP contribution in [-0.2, 0) is 4.79 Å². The first-order valence-corrected chi connectivity index (χ1v) is 9.84. The summed E-state index contributed by atoms with van der Waals surface area (Å²) in [7, 11) is 0. The van der Waals surface area contributed by atoms with Crippen molar-refractivity contribution < 1.29 is 9.59 Å². The molecular weight excluding hydrogens is 324 g/mol. The topological polar surface area (TPSA) is 49.4 Å². The van der Waals surface area contributed by atoms with E-state index in [1.165, 1.54) is 32.1 Å². The third-order valence-electron chi connectivity index (χ3n) is 5.75. The molecular formula is C22H26N2O2. The van der Waals surface area contributed by atoms with Crippen molar-refractivity contribution in [2.24, 2.45) is 5.92 Å². The van der Waals surface area contributed by atoms with Crippen molar-refractivity contribution in [3.63, 3.8) is 0 Å². The molecule has 2 aromatic rings. The van der Waals surface area contributed by atoms with Crippen LogP contribution in [0.1, 0.15) is 55.3 Å². The van der Waals surface area contributed by atoms with Crippen molar-refractivity contribution in [1.29, 1.82) is 0 Å². The number of rotatable bonds is 6. The van der Waals surface area contributed by atoms with Gasteiger partial charge in [-0.15, -0.1) is 0 Å². The zero-order chi connectivity index (χ0) is 17.9. The van der Waals surface area contributed by atoms with Crippen molar-refractivity contribution in [3.8, 4) is 0 Å². The van der Waals surface area contributed by atoms with Gasteiger partial charge in [0.25, 0.3) is 5.91 Å². The quantitative estimate of drug-likeness (QED) is 0.845. The van der Waals surface area contributed by atoms with Crippen LogP contribution in [-0.4, -0.2) is 24.9 Å². The number of nitrogens with one attached hydrogen (secondary N) is 1. The van der Waals surface area contributed by atoms with Gasteiger partial charge in [-0.2, -0.15) is 0 Å². The van der Waals surface area contributed by atoms with Gasteiger partial charge in [0.1, 0.15) is 0 Å². The van der Waals surface area contributed by atoms with Crippen molar-refractivity contribution in [3.05, 3.63) is 42.0 Å². The van der Waals surface area contributed by atoms with Crippen LogP contribution in [0.2, 0.25) is 0 Å². The van der Waals surface area contributed by atoms with Gasteiger partial charge in [-0.3, -0.25) is 9.59 Å². The van der Waals surface area contributed by atoms with Gasteiger partial charge in [-0.05, 0) is 42.7 Å². The Morgan fingerprint density at radius 2 is 1.85 bits per heavy atom. The van der Waals surface area contributed by atoms with E-state index in [0.717, 1.165) is 28.6 Å². The normalized spacial score (nSPS) is 17.1. The Kier molecular flexibility index (Phi) is 4.91. The Balaban J connectivity index is 1.31. The van der Waals surface area contributed by atoms with Gasteiger partial charge in [-0.1, -0.05) is 43.5 Å². The smallest absolute Gasteiger partial charge is 0.258 e. The molecule has 4 rings (SSSR count). The predicted octanol–water partition coefficient (Wildman–Crippen LogP) is 4.28. The maximum Gasteiger partial charge on any atom is 0.258 e. The monoisotopic (exact) mass is 350 g/mol. The number of anilines is 1. The van der Waals surface area contributed by atoms with Gasteiger partial charge >= 0.3 is 0 Å². The first-order chi connectivity index (χ1) is 12.7. The van der Waals surface area contributed by atoms with Crippen LogP contribution in [0.4, 0.5) is 5.69 Å². The van der Waals surface area contributed by atoms with E-state index in [0.29, 0.717) is 25.3 Å². The highest BCUT2D eigenvalue weighted by molar-refractivity contribution is 6.25. The van der Waals surface area contributed by atoms with Gasteiger partial charge in [0.2, 0.25) is 5.91 Å². The molecule has 4 heteroatoms. The van der Waals surface area contributed by atoms with Crippen molar-refractivity contribution in [2.75, 3.05) is 18.0 Å². The highest BCUT2D eigenvalue weighted by Crippen LogP contribution is 2.37. The maximum absolute atomic E-state index is 12.7. The Bertz CT molecular complexity index is 819. The summed E-state index contributed by atoms with van der Waals surface area (Å²) in [5.41, 5.74) is 1.76. The molecule has 2 aliphatic rings. The molecule has 2 aromatic carbocycles. The minimum atomic E-state index is 0.0550. The Morgan fingerprint density at radius 1 is 1.08 bits per heavy atom. The molecule has 26 heavy (non-hydrogen) atoms. The Labute approximate surface area is 154 Å². The minimum Gasteiger partial charge on any atom is -0.356 e. The summed E-state index contributed by atoms with van der Waals surface area (Å²) in [6.45, 7) is 1.40. The highest BCUT2D eigenvalue weighted by Gasteiger charge is 2.29. The van der Waals surface area contributed by atoms with Crippen LogP contribution < -0.4 is 10.2 Å². The molecule has 0 bridgehead atoms. The summed E-state index contributed by atoms with van der Waals surface area (Å²) in [5, 5.41) is 5.22. The van der Waals surface area contributed by atoms with Crippen LogP contribution in [0.5, 0.6) is 0 Å². The summed E-state index contributed by atoms with van der Waals surface area (Å²) < 4.78 is 0. The zero-order valence-electron chi connectivity index (χ0n) is 15.2. The van der Waals surface area contributed by atoms with Crippen molar-refractivity contribution in [1.82, 2.24) is 5.32 Å². The lowest BCUT2D eigenvalue weighted by Crippen LogP contribution is -2.32. The standard InChI is InChI=1S/C22H26N2O2/c25-20(23-15-16-7-2-1-3-8-16)13-6-14-24-19-12-5-10-17-9-4-11-18(21(17)19)22(24)26/h4-5,9-12,16H,1-3,6-8,13-15H2,(H,23,25). The second-order valence-electron chi connectivity index (χ2n) is 7.55. The van der Waals surface area contributed by atoms with E-state index in [2.05, 4.69) is 5.32 Å². The van der Waals surface area contributed by atoms with E-state index in [1.54, 1.807) is 0 Å². The van der Waals surface area contributed by atoms with Gasteiger partial charge in [-0.25, -0.2) is 0 Å². The number of benzene rings is 2. The number of carbonyl (C=O) groups excluding carboxylic acids is 2. The second-order valence-corrected chi connectivity index (χ2v) is 7.55. The molecule has 0 saturated heterocycles. The summed E-state index contributed by atoms with van der Waals surface area (Å²) >= 11 is 0. The third kappa shape index (κ3) is 3.33. The average Bonchev–Trinajstić information content (AvgIpc) is 2.95. The molecule has 1 aliphatic heterocycles. The summed E-state index contributed by atoms with van der Waals surface area (Å²) in [5.74, 6) is 0.817. The summed E-state index contributed by atoms with van der Waals surface area (Å²) in [4.78, 5) is 26.7. The fourth-order valence-corrected chi connectivity index (χ4v) is 4.34. The number of hydrogen-bond acceptors (Lipinski definition) is 2. The number of hydrogen-bond donors (Lipinski definition) is 1. The summed E-state index contributed by atoms with van der Waals surface area (Å²) in [6, 6.07) is 11.9. The summed E-state index contributed by atoms with van der Waals surface area (Å²) in [6.07, 6.45) is 7.57. The lowest BCUT2D eigenvalue weighted by Gasteiger charge is -2.22. The first kappa shape index (κ1) is 17.1. The van der Waals surface area contributed by atoms with Crippen LogP contribution in [0, 0.1) is 5.92 Å². The average molecular weight is 350 g/mol. The molecule has 1 fully saturated rings. The molecule has 1 N–H and O–H groups in total. The van der Waals surface area contributed by atoms with E-state index in [9.17, 15) is 9.59 Å². The van der Waals surface area contributed by atoms with Crippen LogP contribution in [0.15, 0.2) is 36.4 Å².